The van der Waals surface area contributed by atoms with Gasteiger partial charge in [0, 0.05) is 11.5 Å². The van der Waals surface area contributed by atoms with Crippen LogP contribution in [0.5, 0.6) is 11.5 Å². The van der Waals surface area contributed by atoms with E-state index >= 15 is 4.39 Å². The molecular formula is C33H32F6O2. The van der Waals surface area contributed by atoms with Crippen LogP contribution < -0.4 is 9.47 Å². The molecule has 0 fully saturated rings. The number of hydrogen-bond donors (Lipinski definition) is 0. The molecule has 2 nitrogen and oxygen atoms in total. The maximum atomic E-state index is 15.3. The fourth-order valence-corrected chi connectivity index (χ4v) is 4.63. The molecule has 0 amide bonds. The van der Waals surface area contributed by atoms with E-state index in [4.69, 9.17) is 4.74 Å². The van der Waals surface area contributed by atoms with Gasteiger partial charge in [0.2, 0.25) is 0 Å². The van der Waals surface area contributed by atoms with Crippen molar-refractivity contribution >= 4 is 10.8 Å². The van der Waals surface area contributed by atoms with Crippen LogP contribution in [0.1, 0.15) is 48.4 Å². The van der Waals surface area contributed by atoms with Gasteiger partial charge in [0.1, 0.15) is 17.4 Å². The number of alkyl halides is 3. The smallest absolute Gasteiger partial charge is 0.422 e. The number of hydrogen-bond acceptors (Lipinski definition) is 2. The first-order valence-corrected chi connectivity index (χ1v) is 13.7. The second kappa shape index (κ2) is 13.8. The molecule has 0 spiro atoms. The Morgan fingerprint density at radius 1 is 0.659 bits per heavy atom. The molecule has 4 rings (SSSR count). The highest BCUT2D eigenvalue weighted by atomic mass is 19.4. The molecule has 0 N–H and O–H groups in total. The summed E-state index contributed by atoms with van der Waals surface area (Å²) in [7, 11) is 0. The largest absolute Gasteiger partial charge is 0.493 e. The van der Waals surface area contributed by atoms with Gasteiger partial charge in [0.15, 0.2) is 18.2 Å². The summed E-state index contributed by atoms with van der Waals surface area (Å²) in [5.74, 6) is -1.54. The number of ether oxygens (including phenoxy) is 2. The van der Waals surface area contributed by atoms with Crippen molar-refractivity contribution in [1.29, 1.82) is 0 Å². The van der Waals surface area contributed by atoms with Crippen LogP contribution >= 0.6 is 0 Å². The van der Waals surface area contributed by atoms with Crippen molar-refractivity contribution in [3.63, 3.8) is 0 Å². The number of aryl methyl sites for hydroxylation is 4. The zero-order chi connectivity index (χ0) is 29.4. The van der Waals surface area contributed by atoms with E-state index in [9.17, 15) is 22.0 Å². The standard InChI is InChI=1S/C33H32F6O2/c1-2-3-4-17-40-27-14-13-24(29(34)20-27)9-5-22-7-15-28-26(18-22)12-11-25(32(28)36)10-6-23-8-16-31(30(35)19-23)41-21-33(37,38)39/h7-8,11-16,18-20H,2-6,9-10,17,21H2,1H3. The Hall–Kier alpha value is -3.68. The fraction of sp³-hybridized carbons (Fsp3) is 0.333. The molecule has 41 heavy (non-hydrogen) atoms. The molecule has 0 aromatic heterocycles. The van der Waals surface area contributed by atoms with Gasteiger partial charge in [-0.25, -0.2) is 13.2 Å². The molecule has 8 heteroatoms. The third-order valence-electron chi connectivity index (χ3n) is 6.89. The highest BCUT2D eigenvalue weighted by Crippen LogP contribution is 2.27. The summed E-state index contributed by atoms with van der Waals surface area (Å²) >= 11 is 0. The second-order valence-electron chi connectivity index (χ2n) is 10.1. The van der Waals surface area contributed by atoms with Gasteiger partial charge in [-0.05, 0) is 77.9 Å². The fourth-order valence-electron chi connectivity index (χ4n) is 4.63. The number of unbranched alkanes of at least 4 members (excludes halogenated alkanes) is 2. The lowest BCUT2D eigenvalue weighted by atomic mass is 9.97. The van der Waals surface area contributed by atoms with Crippen LogP contribution in [0.3, 0.4) is 0 Å². The molecule has 0 saturated carbocycles. The molecule has 4 aromatic carbocycles. The van der Waals surface area contributed by atoms with E-state index in [-0.39, 0.29) is 18.1 Å². The van der Waals surface area contributed by atoms with E-state index in [0.29, 0.717) is 53.7 Å². The Kier molecular flexibility index (Phi) is 10.2. The minimum Gasteiger partial charge on any atom is -0.493 e. The predicted octanol–water partition coefficient (Wildman–Crippen LogP) is 9.34. The first-order chi connectivity index (χ1) is 19.6. The normalized spacial score (nSPS) is 11.7. The number of halogens is 6. The van der Waals surface area contributed by atoms with Crippen LogP contribution in [0.25, 0.3) is 10.8 Å². The Morgan fingerprint density at radius 2 is 1.37 bits per heavy atom. The molecule has 0 aliphatic rings. The molecule has 0 heterocycles. The number of rotatable bonds is 13. The molecule has 0 atom stereocenters. The third-order valence-corrected chi connectivity index (χ3v) is 6.89. The van der Waals surface area contributed by atoms with Gasteiger partial charge >= 0.3 is 6.18 Å². The molecule has 4 aromatic rings. The summed E-state index contributed by atoms with van der Waals surface area (Å²) in [5.41, 5.74) is 2.50. The zero-order valence-corrected chi connectivity index (χ0v) is 22.8. The van der Waals surface area contributed by atoms with Gasteiger partial charge in [-0.15, -0.1) is 0 Å². The molecule has 0 aliphatic carbocycles. The van der Waals surface area contributed by atoms with Crippen LogP contribution in [0.2, 0.25) is 0 Å². The van der Waals surface area contributed by atoms with Crippen LogP contribution in [-0.4, -0.2) is 19.4 Å². The Morgan fingerprint density at radius 3 is 2.07 bits per heavy atom. The van der Waals surface area contributed by atoms with E-state index in [0.717, 1.165) is 42.3 Å². The van der Waals surface area contributed by atoms with Crippen molar-refractivity contribution in [1.82, 2.24) is 0 Å². The van der Waals surface area contributed by atoms with Crippen molar-refractivity contribution < 1.29 is 35.8 Å². The topological polar surface area (TPSA) is 18.5 Å². The zero-order valence-electron chi connectivity index (χ0n) is 22.8. The van der Waals surface area contributed by atoms with E-state index in [1.807, 2.05) is 18.2 Å². The average molecular weight is 575 g/mol. The quantitative estimate of drug-likeness (QED) is 0.117. The van der Waals surface area contributed by atoms with Crippen LogP contribution in [-0.2, 0) is 25.7 Å². The maximum Gasteiger partial charge on any atom is 0.422 e. The van der Waals surface area contributed by atoms with E-state index in [2.05, 4.69) is 11.7 Å². The van der Waals surface area contributed by atoms with Crippen LogP contribution in [0, 0.1) is 17.5 Å². The molecule has 0 radical (unpaired) electrons. The lowest BCUT2D eigenvalue weighted by Crippen LogP contribution is -2.19. The van der Waals surface area contributed by atoms with Crippen molar-refractivity contribution in [3.05, 3.63) is 106 Å². The lowest BCUT2D eigenvalue weighted by molar-refractivity contribution is -0.153. The van der Waals surface area contributed by atoms with Gasteiger partial charge in [0.25, 0.3) is 0 Å². The van der Waals surface area contributed by atoms with Crippen molar-refractivity contribution in [2.45, 2.75) is 58.0 Å². The molecule has 218 valence electrons. The van der Waals surface area contributed by atoms with Crippen molar-refractivity contribution in [3.8, 4) is 11.5 Å². The minimum atomic E-state index is -4.56. The maximum absolute atomic E-state index is 15.3. The van der Waals surface area contributed by atoms with Crippen molar-refractivity contribution in [2.24, 2.45) is 0 Å². The van der Waals surface area contributed by atoms with Crippen molar-refractivity contribution in [2.75, 3.05) is 13.2 Å². The molecular weight excluding hydrogens is 542 g/mol. The van der Waals surface area contributed by atoms with Crippen LogP contribution in [0.4, 0.5) is 26.3 Å². The Labute approximate surface area is 235 Å². The first kappa shape index (κ1) is 30.3. The molecule has 0 aliphatic heterocycles. The predicted molar refractivity (Wildman–Crippen MR) is 148 cm³/mol. The molecule has 0 bridgehead atoms. The monoisotopic (exact) mass is 574 g/mol. The average Bonchev–Trinajstić information content (AvgIpc) is 2.93. The summed E-state index contributed by atoms with van der Waals surface area (Å²) in [6.07, 6.45) is 0.189. The number of fused-ring (bicyclic) bond motifs is 1. The summed E-state index contributed by atoms with van der Waals surface area (Å²) in [6.45, 7) is 1.10. The SMILES string of the molecule is CCCCCOc1ccc(CCc2ccc3c(F)c(CCc4ccc(OCC(F)(F)F)c(F)c4)ccc3c2)c(F)c1. The van der Waals surface area contributed by atoms with Gasteiger partial charge in [0.05, 0.1) is 6.61 Å². The lowest BCUT2D eigenvalue weighted by Gasteiger charge is -2.12. The molecule has 0 saturated heterocycles. The Bertz CT molecular complexity index is 1460. The summed E-state index contributed by atoms with van der Waals surface area (Å²) in [4.78, 5) is 0. The summed E-state index contributed by atoms with van der Waals surface area (Å²) in [6, 6.07) is 17.6. The summed E-state index contributed by atoms with van der Waals surface area (Å²) < 4.78 is 91.1. The van der Waals surface area contributed by atoms with Crippen LogP contribution in [0.15, 0.2) is 66.7 Å². The Balaban J connectivity index is 1.35. The highest BCUT2D eigenvalue weighted by molar-refractivity contribution is 5.84. The number of benzene rings is 4. The highest BCUT2D eigenvalue weighted by Gasteiger charge is 2.29. The van der Waals surface area contributed by atoms with Gasteiger partial charge in [-0.2, -0.15) is 13.2 Å². The van der Waals surface area contributed by atoms with E-state index in [1.54, 1.807) is 24.3 Å². The molecule has 0 unspecified atom stereocenters. The summed E-state index contributed by atoms with van der Waals surface area (Å²) in [5, 5.41) is 1.17. The van der Waals surface area contributed by atoms with E-state index in [1.165, 1.54) is 12.1 Å². The first-order valence-electron chi connectivity index (χ1n) is 13.7. The minimum absolute atomic E-state index is 0.281. The second-order valence-corrected chi connectivity index (χ2v) is 10.1. The van der Waals surface area contributed by atoms with Gasteiger partial charge in [-0.3, -0.25) is 0 Å². The third kappa shape index (κ3) is 8.65. The van der Waals surface area contributed by atoms with Gasteiger partial charge < -0.3 is 9.47 Å². The van der Waals surface area contributed by atoms with E-state index < -0.39 is 24.3 Å². The van der Waals surface area contributed by atoms with Gasteiger partial charge in [-0.1, -0.05) is 62.2 Å².